The van der Waals surface area contributed by atoms with Gasteiger partial charge < -0.3 is 29.4 Å². The highest BCUT2D eigenvalue weighted by Crippen LogP contribution is 2.51. The van der Waals surface area contributed by atoms with Crippen molar-refractivity contribution >= 4 is 29.6 Å². The molecule has 0 bridgehead atoms. The van der Waals surface area contributed by atoms with Crippen molar-refractivity contribution in [3.63, 3.8) is 0 Å². The Morgan fingerprint density at radius 1 is 1.00 bits per heavy atom. The molecule has 0 aromatic heterocycles. The molecule has 2 N–H and O–H groups in total. The highest BCUT2D eigenvalue weighted by molar-refractivity contribution is 8.04. The largest absolute Gasteiger partial charge is 0.493 e. The van der Waals surface area contributed by atoms with Crippen LogP contribution in [0.5, 0.6) is 17.2 Å². The van der Waals surface area contributed by atoms with E-state index in [1.165, 1.54) is 38.0 Å². The molecule has 3 rings (SSSR count). The zero-order valence-electron chi connectivity index (χ0n) is 21.3. The molecule has 0 aliphatic carbocycles. The molecule has 10 nitrogen and oxygen atoms in total. The van der Waals surface area contributed by atoms with Crippen molar-refractivity contribution in [3.05, 3.63) is 39.7 Å². The van der Waals surface area contributed by atoms with Crippen LogP contribution in [0.4, 0.5) is 0 Å². The molecule has 0 radical (unpaired) electrons. The highest BCUT2D eigenvalue weighted by atomic mass is 32.2. The van der Waals surface area contributed by atoms with Gasteiger partial charge in [0.15, 0.2) is 11.5 Å². The molecule has 196 valence electrons. The van der Waals surface area contributed by atoms with Crippen LogP contribution in [0.2, 0.25) is 0 Å². The topological polar surface area (TPSA) is 127 Å². The lowest BCUT2D eigenvalue weighted by Crippen LogP contribution is -2.40. The summed E-state index contributed by atoms with van der Waals surface area (Å²) in [6, 6.07) is 3.28. The Bertz CT molecular complexity index is 1090. The Morgan fingerprint density at radius 2 is 1.61 bits per heavy atom. The molecule has 2 heterocycles. The van der Waals surface area contributed by atoms with Gasteiger partial charge in [-0.25, -0.2) is 9.59 Å². The van der Waals surface area contributed by atoms with Crippen molar-refractivity contribution in [2.75, 3.05) is 34.5 Å². The fraction of sp³-hybridized carbons (Fsp3) is 0.480. The zero-order valence-corrected chi connectivity index (χ0v) is 22.2. The van der Waals surface area contributed by atoms with E-state index >= 15 is 0 Å². The number of esters is 2. The molecule has 0 spiro atoms. The van der Waals surface area contributed by atoms with Crippen molar-refractivity contribution in [1.29, 1.82) is 0 Å². The standard InChI is InChI=1S/C25H32N2O8S/c1-7-9-10-35-24(29)18-17(14-11-15(31-4)20(33-6)16(12-14)32-5)19(25(30)34-8-2)23-27(21(18)26)22(28)13(3)36-23/h11-13,17H,7-10,26H2,1-6H3/t13-,17-/m1/s1. The van der Waals surface area contributed by atoms with E-state index in [2.05, 4.69) is 0 Å². The normalized spacial score (nSPS) is 19.3. The fourth-order valence-corrected chi connectivity index (χ4v) is 5.29. The number of carbonyl (C=O) groups excluding carboxylic acids is 3. The van der Waals surface area contributed by atoms with Gasteiger partial charge in [-0.2, -0.15) is 0 Å². The minimum atomic E-state index is -1.01. The van der Waals surface area contributed by atoms with Crippen LogP contribution in [0, 0.1) is 0 Å². The maximum Gasteiger partial charge on any atom is 0.338 e. The highest BCUT2D eigenvalue weighted by Gasteiger charge is 2.49. The quantitative estimate of drug-likeness (QED) is 0.363. The van der Waals surface area contributed by atoms with Crippen LogP contribution in [0.15, 0.2) is 34.1 Å². The van der Waals surface area contributed by atoms with Crippen molar-refractivity contribution in [1.82, 2.24) is 4.90 Å². The number of thioether (sulfide) groups is 1. The Balaban J connectivity index is 2.33. The first kappa shape index (κ1) is 27.3. The number of carbonyl (C=O) groups is 3. The fourth-order valence-electron chi connectivity index (χ4n) is 4.13. The SMILES string of the molecule is CCCCOC(=O)C1=C(N)N2C(=O)[C@@H](C)SC2=C(C(=O)OCC)[C@@H]1c1cc(OC)c(OC)c(OC)c1. The van der Waals surface area contributed by atoms with Crippen molar-refractivity contribution in [3.8, 4) is 17.2 Å². The molecule has 1 fully saturated rings. The van der Waals surface area contributed by atoms with Gasteiger partial charge in [-0.05, 0) is 38.0 Å². The third kappa shape index (κ3) is 4.84. The molecular formula is C25H32N2O8S. The van der Waals surface area contributed by atoms with Crippen LogP contribution < -0.4 is 19.9 Å². The summed E-state index contributed by atoms with van der Waals surface area (Å²) in [6.07, 6.45) is 1.46. The van der Waals surface area contributed by atoms with E-state index in [0.29, 0.717) is 34.3 Å². The van der Waals surface area contributed by atoms with Crippen LogP contribution >= 0.6 is 11.8 Å². The Morgan fingerprint density at radius 3 is 2.14 bits per heavy atom. The number of nitrogens with two attached hydrogens (primary N) is 1. The second-order valence-electron chi connectivity index (χ2n) is 8.05. The molecular weight excluding hydrogens is 488 g/mol. The first-order chi connectivity index (χ1) is 17.2. The summed E-state index contributed by atoms with van der Waals surface area (Å²) in [4.78, 5) is 41.0. The van der Waals surface area contributed by atoms with E-state index in [1.807, 2.05) is 6.92 Å². The number of hydrogen-bond donors (Lipinski definition) is 1. The smallest absolute Gasteiger partial charge is 0.338 e. The number of ether oxygens (including phenoxy) is 5. The molecule has 1 aromatic carbocycles. The van der Waals surface area contributed by atoms with Gasteiger partial charge in [0.1, 0.15) is 5.82 Å². The number of hydrogen-bond acceptors (Lipinski definition) is 10. The molecule has 11 heteroatoms. The second-order valence-corrected chi connectivity index (χ2v) is 9.38. The van der Waals surface area contributed by atoms with Gasteiger partial charge in [-0.1, -0.05) is 25.1 Å². The Labute approximate surface area is 214 Å². The van der Waals surface area contributed by atoms with Gasteiger partial charge in [0, 0.05) is 0 Å². The number of fused-ring (bicyclic) bond motifs is 1. The number of methoxy groups -OCH3 is 3. The number of amides is 1. The molecule has 2 atom stereocenters. The third-order valence-corrected chi connectivity index (χ3v) is 7.03. The number of benzene rings is 1. The van der Waals surface area contributed by atoms with E-state index in [4.69, 9.17) is 29.4 Å². The van der Waals surface area contributed by atoms with Crippen LogP contribution in [-0.2, 0) is 23.9 Å². The van der Waals surface area contributed by atoms with Crippen LogP contribution in [0.25, 0.3) is 0 Å². The average molecular weight is 521 g/mol. The first-order valence-electron chi connectivity index (χ1n) is 11.6. The van der Waals surface area contributed by atoms with Crippen LogP contribution in [0.3, 0.4) is 0 Å². The van der Waals surface area contributed by atoms with Crippen LogP contribution in [0.1, 0.15) is 45.1 Å². The van der Waals surface area contributed by atoms with E-state index in [9.17, 15) is 14.4 Å². The van der Waals surface area contributed by atoms with Crippen molar-refractivity contribution in [2.45, 2.75) is 44.8 Å². The minimum Gasteiger partial charge on any atom is -0.493 e. The second kappa shape index (κ2) is 11.6. The zero-order chi connectivity index (χ0) is 26.6. The minimum absolute atomic E-state index is 0.0322. The van der Waals surface area contributed by atoms with Gasteiger partial charge >= 0.3 is 11.9 Å². The molecule has 36 heavy (non-hydrogen) atoms. The lowest BCUT2D eigenvalue weighted by molar-refractivity contribution is -0.140. The molecule has 0 saturated carbocycles. The average Bonchev–Trinajstić information content (AvgIpc) is 3.16. The number of nitrogens with zero attached hydrogens (tertiary/aromatic N) is 1. The molecule has 2 aliphatic heterocycles. The number of unbranched alkanes of at least 4 members (excludes halogenated alkanes) is 1. The molecule has 0 unspecified atom stereocenters. The summed E-state index contributed by atoms with van der Waals surface area (Å²) in [5, 5.41) is -0.189. The van der Waals surface area contributed by atoms with Crippen LogP contribution in [-0.4, -0.2) is 62.5 Å². The summed E-state index contributed by atoms with van der Waals surface area (Å²) >= 11 is 1.19. The Kier molecular flexibility index (Phi) is 8.78. The first-order valence-corrected chi connectivity index (χ1v) is 12.5. The van der Waals surface area contributed by atoms with E-state index in [-0.39, 0.29) is 36.1 Å². The summed E-state index contributed by atoms with van der Waals surface area (Å²) in [5.41, 5.74) is 7.02. The summed E-state index contributed by atoms with van der Waals surface area (Å²) < 4.78 is 27.3. The molecule has 2 aliphatic rings. The monoisotopic (exact) mass is 520 g/mol. The summed E-state index contributed by atoms with van der Waals surface area (Å²) in [5.74, 6) is -1.84. The van der Waals surface area contributed by atoms with Crippen molar-refractivity contribution < 1.29 is 38.1 Å². The maximum absolute atomic E-state index is 13.4. The lowest BCUT2D eigenvalue weighted by atomic mass is 9.82. The summed E-state index contributed by atoms with van der Waals surface area (Å²) in [7, 11) is 4.40. The van der Waals surface area contributed by atoms with Gasteiger partial charge in [-0.15, -0.1) is 0 Å². The maximum atomic E-state index is 13.4. The van der Waals surface area contributed by atoms with E-state index < -0.39 is 23.1 Å². The lowest BCUT2D eigenvalue weighted by Gasteiger charge is -2.33. The van der Waals surface area contributed by atoms with Gasteiger partial charge in [-0.3, -0.25) is 9.69 Å². The molecule has 1 saturated heterocycles. The van der Waals surface area contributed by atoms with Gasteiger partial charge in [0.25, 0.3) is 0 Å². The van der Waals surface area contributed by atoms with E-state index in [0.717, 1.165) is 6.42 Å². The third-order valence-electron chi connectivity index (χ3n) is 5.85. The molecule has 1 amide bonds. The number of rotatable bonds is 10. The van der Waals surface area contributed by atoms with Gasteiger partial charge in [0.2, 0.25) is 11.7 Å². The van der Waals surface area contributed by atoms with E-state index in [1.54, 1.807) is 26.0 Å². The summed E-state index contributed by atoms with van der Waals surface area (Å²) in [6.45, 7) is 5.62. The van der Waals surface area contributed by atoms with Crippen molar-refractivity contribution in [2.24, 2.45) is 5.73 Å². The van der Waals surface area contributed by atoms with Gasteiger partial charge in [0.05, 0.1) is 61.9 Å². The predicted molar refractivity (Wildman–Crippen MR) is 133 cm³/mol. The Hall–Kier alpha value is -3.34. The molecule has 1 aromatic rings. The predicted octanol–water partition coefficient (Wildman–Crippen LogP) is 3.06.